The van der Waals surface area contributed by atoms with Crippen LogP contribution >= 0.6 is 11.6 Å². The molecule has 5 heteroatoms. The fourth-order valence-electron chi connectivity index (χ4n) is 3.46. The standard InChI is InChI=1S/C25H21ClN2O2/c1-15-7-10-18(11-8-15)22-23(27-19-6-4-5-16(2)13-19)25(30)28(24(22)29)20-12-9-17(3)21(26)14-20/h4-14,27H,1-3H3. The summed E-state index contributed by atoms with van der Waals surface area (Å²) in [6.45, 7) is 5.83. The second kappa shape index (κ2) is 7.81. The lowest BCUT2D eigenvalue weighted by Crippen LogP contribution is -2.32. The molecule has 0 atom stereocenters. The first-order valence-electron chi connectivity index (χ1n) is 9.65. The Labute approximate surface area is 180 Å². The summed E-state index contributed by atoms with van der Waals surface area (Å²) in [4.78, 5) is 28.0. The van der Waals surface area contributed by atoms with Gasteiger partial charge in [0.2, 0.25) is 0 Å². The van der Waals surface area contributed by atoms with E-state index < -0.39 is 5.91 Å². The number of nitrogens with one attached hydrogen (secondary N) is 1. The van der Waals surface area contributed by atoms with E-state index in [1.807, 2.05) is 69.3 Å². The van der Waals surface area contributed by atoms with Crippen molar-refractivity contribution in [2.45, 2.75) is 20.8 Å². The number of hydrogen-bond acceptors (Lipinski definition) is 3. The van der Waals surface area contributed by atoms with Gasteiger partial charge in [0.25, 0.3) is 11.8 Å². The van der Waals surface area contributed by atoms with Gasteiger partial charge >= 0.3 is 0 Å². The van der Waals surface area contributed by atoms with E-state index in [1.54, 1.807) is 18.2 Å². The highest BCUT2D eigenvalue weighted by Gasteiger charge is 2.40. The third kappa shape index (κ3) is 3.62. The second-order valence-electron chi connectivity index (χ2n) is 7.49. The van der Waals surface area contributed by atoms with Gasteiger partial charge in [0.15, 0.2) is 0 Å². The summed E-state index contributed by atoms with van der Waals surface area (Å²) in [7, 11) is 0. The molecule has 4 rings (SSSR count). The van der Waals surface area contributed by atoms with Crippen molar-refractivity contribution in [1.82, 2.24) is 0 Å². The quantitative estimate of drug-likeness (QED) is 0.558. The van der Waals surface area contributed by atoms with Crippen LogP contribution in [-0.2, 0) is 9.59 Å². The van der Waals surface area contributed by atoms with Crippen LogP contribution in [-0.4, -0.2) is 11.8 Å². The molecular weight excluding hydrogens is 396 g/mol. The third-order valence-corrected chi connectivity index (χ3v) is 5.53. The lowest BCUT2D eigenvalue weighted by Gasteiger charge is -2.16. The van der Waals surface area contributed by atoms with Gasteiger partial charge in [-0.1, -0.05) is 59.6 Å². The molecular formula is C25H21ClN2O2. The molecule has 3 aromatic rings. The molecule has 4 nitrogen and oxygen atoms in total. The Kier molecular flexibility index (Phi) is 5.18. The minimum atomic E-state index is -0.406. The molecule has 0 aromatic heterocycles. The molecule has 1 aliphatic rings. The topological polar surface area (TPSA) is 49.4 Å². The number of carbonyl (C=O) groups is 2. The van der Waals surface area contributed by atoms with Gasteiger partial charge in [0.1, 0.15) is 5.70 Å². The summed E-state index contributed by atoms with van der Waals surface area (Å²) < 4.78 is 0. The van der Waals surface area contributed by atoms with Crippen molar-refractivity contribution in [2.75, 3.05) is 10.2 Å². The second-order valence-corrected chi connectivity index (χ2v) is 7.90. The number of rotatable bonds is 4. The van der Waals surface area contributed by atoms with Crippen LogP contribution in [0.5, 0.6) is 0 Å². The highest BCUT2D eigenvalue weighted by Crippen LogP contribution is 2.35. The van der Waals surface area contributed by atoms with Crippen LogP contribution in [0.3, 0.4) is 0 Å². The van der Waals surface area contributed by atoms with Crippen LogP contribution in [0.1, 0.15) is 22.3 Å². The van der Waals surface area contributed by atoms with Gasteiger partial charge in [-0.25, -0.2) is 4.90 Å². The molecule has 0 fully saturated rings. The zero-order chi connectivity index (χ0) is 21.4. The molecule has 1 heterocycles. The highest BCUT2D eigenvalue weighted by molar-refractivity contribution is 6.46. The summed E-state index contributed by atoms with van der Waals surface area (Å²) in [5, 5.41) is 3.69. The van der Waals surface area contributed by atoms with E-state index in [9.17, 15) is 9.59 Å². The molecule has 0 bridgehead atoms. The molecule has 0 saturated carbocycles. The number of nitrogens with zero attached hydrogens (tertiary/aromatic N) is 1. The van der Waals surface area contributed by atoms with E-state index in [1.165, 1.54) is 4.90 Å². The molecule has 0 saturated heterocycles. The molecule has 150 valence electrons. The van der Waals surface area contributed by atoms with E-state index >= 15 is 0 Å². The average molecular weight is 417 g/mol. The van der Waals surface area contributed by atoms with Crippen LogP contribution in [0.15, 0.2) is 72.4 Å². The van der Waals surface area contributed by atoms with Gasteiger partial charge in [-0.2, -0.15) is 0 Å². The van der Waals surface area contributed by atoms with Gasteiger partial charge in [-0.05, 0) is 61.7 Å². The van der Waals surface area contributed by atoms with Gasteiger partial charge in [-0.3, -0.25) is 9.59 Å². The molecule has 1 N–H and O–H groups in total. The van der Waals surface area contributed by atoms with Crippen molar-refractivity contribution in [2.24, 2.45) is 0 Å². The minimum Gasteiger partial charge on any atom is -0.350 e. The van der Waals surface area contributed by atoms with E-state index in [0.717, 1.165) is 22.4 Å². The van der Waals surface area contributed by atoms with Crippen LogP contribution < -0.4 is 10.2 Å². The summed E-state index contributed by atoms with van der Waals surface area (Å²) in [6.07, 6.45) is 0. The minimum absolute atomic E-state index is 0.256. The lowest BCUT2D eigenvalue weighted by atomic mass is 10.0. The molecule has 0 radical (unpaired) electrons. The predicted octanol–water partition coefficient (Wildman–Crippen LogP) is 5.66. The van der Waals surface area contributed by atoms with Crippen molar-refractivity contribution in [3.63, 3.8) is 0 Å². The number of imide groups is 1. The summed E-state index contributed by atoms with van der Waals surface area (Å²) in [6, 6.07) is 20.4. The van der Waals surface area contributed by atoms with E-state index in [2.05, 4.69) is 5.32 Å². The van der Waals surface area contributed by atoms with Gasteiger partial charge in [-0.15, -0.1) is 0 Å². The monoisotopic (exact) mass is 416 g/mol. The van der Waals surface area contributed by atoms with E-state index in [0.29, 0.717) is 21.8 Å². The van der Waals surface area contributed by atoms with Crippen molar-refractivity contribution >= 4 is 40.4 Å². The molecule has 1 aliphatic heterocycles. The predicted molar refractivity (Wildman–Crippen MR) is 122 cm³/mol. The Hall–Kier alpha value is -3.37. The number of anilines is 2. The summed E-state index contributed by atoms with van der Waals surface area (Å²) in [5.41, 5.74) is 5.50. The van der Waals surface area contributed by atoms with Crippen LogP contribution in [0.4, 0.5) is 11.4 Å². The normalized spacial score (nSPS) is 13.9. The molecule has 0 unspecified atom stereocenters. The molecule has 0 spiro atoms. The lowest BCUT2D eigenvalue weighted by molar-refractivity contribution is -0.120. The Bertz CT molecular complexity index is 1200. The van der Waals surface area contributed by atoms with Crippen LogP contribution in [0.2, 0.25) is 5.02 Å². The van der Waals surface area contributed by atoms with Crippen LogP contribution in [0, 0.1) is 20.8 Å². The Morgan fingerprint density at radius 3 is 2.20 bits per heavy atom. The zero-order valence-electron chi connectivity index (χ0n) is 17.0. The fraction of sp³-hybridized carbons (Fsp3) is 0.120. The number of hydrogen-bond donors (Lipinski definition) is 1. The zero-order valence-corrected chi connectivity index (χ0v) is 17.7. The van der Waals surface area contributed by atoms with Crippen molar-refractivity contribution in [1.29, 1.82) is 0 Å². The summed E-state index contributed by atoms with van der Waals surface area (Å²) in [5.74, 6) is -0.782. The maximum atomic E-state index is 13.4. The Morgan fingerprint density at radius 1 is 0.800 bits per heavy atom. The Morgan fingerprint density at radius 2 is 1.53 bits per heavy atom. The largest absolute Gasteiger partial charge is 0.350 e. The smallest absolute Gasteiger partial charge is 0.282 e. The average Bonchev–Trinajstić information content (AvgIpc) is 2.95. The van der Waals surface area contributed by atoms with Gasteiger partial charge < -0.3 is 5.32 Å². The first-order chi connectivity index (χ1) is 14.3. The van der Waals surface area contributed by atoms with Crippen molar-refractivity contribution in [3.8, 4) is 0 Å². The maximum absolute atomic E-state index is 13.4. The number of benzene rings is 3. The van der Waals surface area contributed by atoms with Gasteiger partial charge in [0, 0.05) is 10.7 Å². The van der Waals surface area contributed by atoms with E-state index in [4.69, 9.17) is 11.6 Å². The first-order valence-corrected chi connectivity index (χ1v) is 10.0. The SMILES string of the molecule is Cc1ccc(C2=C(Nc3cccc(C)c3)C(=O)N(c3ccc(C)c(Cl)c3)C2=O)cc1. The van der Waals surface area contributed by atoms with Gasteiger partial charge in [0.05, 0.1) is 11.3 Å². The molecule has 3 aromatic carbocycles. The number of amides is 2. The Balaban J connectivity index is 1.83. The highest BCUT2D eigenvalue weighted by atomic mass is 35.5. The number of carbonyl (C=O) groups excluding carboxylic acids is 2. The molecule has 2 amide bonds. The third-order valence-electron chi connectivity index (χ3n) is 5.13. The van der Waals surface area contributed by atoms with E-state index in [-0.39, 0.29) is 11.6 Å². The number of halogens is 1. The molecule has 30 heavy (non-hydrogen) atoms. The fourth-order valence-corrected chi connectivity index (χ4v) is 3.63. The van der Waals surface area contributed by atoms with Crippen molar-refractivity contribution in [3.05, 3.63) is 99.7 Å². The number of aryl methyl sites for hydroxylation is 3. The van der Waals surface area contributed by atoms with Crippen LogP contribution in [0.25, 0.3) is 5.57 Å². The summed E-state index contributed by atoms with van der Waals surface area (Å²) >= 11 is 6.26. The molecule has 0 aliphatic carbocycles. The first kappa shape index (κ1) is 19.9. The van der Waals surface area contributed by atoms with Crippen molar-refractivity contribution < 1.29 is 9.59 Å². The maximum Gasteiger partial charge on any atom is 0.282 e.